The van der Waals surface area contributed by atoms with E-state index in [0.29, 0.717) is 22.1 Å². The molecule has 0 saturated heterocycles. The van der Waals surface area contributed by atoms with Gasteiger partial charge in [0.2, 0.25) is 0 Å². The van der Waals surface area contributed by atoms with E-state index in [1.807, 2.05) is 0 Å². The smallest absolute Gasteiger partial charge is 0.181 e. The zero-order valence-electron chi connectivity index (χ0n) is 9.21. The Morgan fingerprint density at radius 2 is 2.19 bits per heavy atom. The molecule has 1 N–H and O–H groups in total. The number of hydrogen-bond acceptors (Lipinski definition) is 3. The van der Waals surface area contributed by atoms with Crippen molar-refractivity contribution >= 4 is 11.6 Å². The Morgan fingerprint density at radius 3 is 2.75 bits per heavy atom. The van der Waals surface area contributed by atoms with Crippen LogP contribution in [0.25, 0.3) is 0 Å². The van der Waals surface area contributed by atoms with E-state index < -0.39 is 0 Å². The third-order valence-corrected chi connectivity index (χ3v) is 2.22. The summed E-state index contributed by atoms with van der Waals surface area (Å²) in [5.41, 5.74) is 0.677. The fourth-order valence-corrected chi connectivity index (χ4v) is 1.47. The molecular formula is C12H13ClO3. The van der Waals surface area contributed by atoms with E-state index in [2.05, 4.69) is 11.8 Å². The highest BCUT2D eigenvalue weighted by molar-refractivity contribution is 6.32. The number of hydrogen-bond donors (Lipinski definition) is 1. The molecule has 0 aromatic heterocycles. The van der Waals surface area contributed by atoms with Crippen LogP contribution in [0.5, 0.6) is 11.5 Å². The number of ether oxygens (including phenoxy) is 2. The SMILES string of the molecule is CC#CCOc1c(Cl)cc(CO)cc1OC. The van der Waals surface area contributed by atoms with Gasteiger partial charge in [0.25, 0.3) is 0 Å². The molecule has 86 valence electrons. The Labute approximate surface area is 99.9 Å². The average molecular weight is 241 g/mol. The molecule has 0 radical (unpaired) electrons. The first-order valence-corrected chi connectivity index (χ1v) is 5.10. The molecule has 0 heterocycles. The van der Waals surface area contributed by atoms with Crippen molar-refractivity contribution in [2.24, 2.45) is 0 Å². The van der Waals surface area contributed by atoms with Crippen LogP contribution in [0.3, 0.4) is 0 Å². The van der Waals surface area contributed by atoms with Crippen LogP contribution in [0.2, 0.25) is 5.02 Å². The molecule has 0 bridgehead atoms. The Bertz CT molecular complexity index is 418. The van der Waals surface area contributed by atoms with Crippen LogP contribution < -0.4 is 9.47 Å². The van der Waals surface area contributed by atoms with Crippen LogP contribution in [0.4, 0.5) is 0 Å². The molecule has 0 unspecified atom stereocenters. The molecule has 0 aliphatic carbocycles. The van der Waals surface area contributed by atoms with E-state index in [9.17, 15) is 0 Å². The van der Waals surface area contributed by atoms with Crippen LogP contribution in [0.1, 0.15) is 12.5 Å². The summed E-state index contributed by atoms with van der Waals surface area (Å²) in [5, 5.41) is 9.41. The number of aliphatic hydroxyl groups is 1. The molecule has 4 heteroatoms. The number of rotatable bonds is 4. The number of halogens is 1. The molecule has 0 aliphatic heterocycles. The van der Waals surface area contributed by atoms with E-state index >= 15 is 0 Å². The lowest BCUT2D eigenvalue weighted by atomic mass is 10.2. The lowest BCUT2D eigenvalue weighted by Crippen LogP contribution is -1.99. The molecule has 0 fully saturated rings. The third kappa shape index (κ3) is 3.06. The Morgan fingerprint density at radius 1 is 1.44 bits per heavy atom. The molecule has 0 spiro atoms. The molecular weight excluding hydrogens is 228 g/mol. The minimum absolute atomic E-state index is 0.0921. The first kappa shape index (κ1) is 12.7. The summed E-state index contributed by atoms with van der Waals surface area (Å²) in [6, 6.07) is 3.32. The Hall–Kier alpha value is -1.37. The van der Waals surface area contributed by atoms with Crippen molar-refractivity contribution in [3.63, 3.8) is 0 Å². The predicted molar refractivity (Wildman–Crippen MR) is 62.9 cm³/mol. The van der Waals surface area contributed by atoms with Gasteiger partial charge in [-0.25, -0.2) is 0 Å². The van der Waals surface area contributed by atoms with Gasteiger partial charge in [-0.05, 0) is 24.6 Å². The highest BCUT2D eigenvalue weighted by atomic mass is 35.5. The highest BCUT2D eigenvalue weighted by Gasteiger charge is 2.11. The van der Waals surface area contributed by atoms with E-state index in [-0.39, 0.29) is 13.2 Å². The molecule has 0 atom stereocenters. The summed E-state index contributed by atoms with van der Waals surface area (Å²) in [4.78, 5) is 0. The summed E-state index contributed by atoms with van der Waals surface area (Å²) in [6.07, 6.45) is 0. The largest absolute Gasteiger partial charge is 0.493 e. The molecule has 16 heavy (non-hydrogen) atoms. The maximum absolute atomic E-state index is 9.01. The van der Waals surface area contributed by atoms with E-state index in [4.69, 9.17) is 26.2 Å². The normalized spacial score (nSPS) is 9.25. The van der Waals surface area contributed by atoms with Gasteiger partial charge in [-0.1, -0.05) is 17.5 Å². The summed E-state index contributed by atoms with van der Waals surface area (Å²) in [5.74, 6) is 6.43. The van der Waals surface area contributed by atoms with Gasteiger partial charge < -0.3 is 14.6 Å². The number of methoxy groups -OCH3 is 1. The van der Waals surface area contributed by atoms with Crippen LogP contribution in [0, 0.1) is 11.8 Å². The van der Waals surface area contributed by atoms with Gasteiger partial charge in [-0.2, -0.15) is 0 Å². The van der Waals surface area contributed by atoms with Crippen molar-refractivity contribution in [3.05, 3.63) is 22.7 Å². The first-order valence-electron chi connectivity index (χ1n) is 4.72. The topological polar surface area (TPSA) is 38.7 Å². The molecule has 3 nitrogen and oxygen atoms in total. The second-order valence-corrected chi connectivity index (χ2v) is 3.39. The van der Waals surface area contributed by atoms with Gasteiger partial charge >= 0.3 is 0 Å². The fourth-order valence-electron chi connectivity index (χ4n) is 1.19. The maximum Gasteiger partial charge on any atom is 0.181 e. The van der Waals surface area contributed by atoms with Crippen molar-refractivity contribution < 1.29 is 14.6 Å². The average Bonchev–Trinajstić information content (AvgIpc) is 2.30. The van der Waals surface area contributed by atoms with Gasteiger partial charge in [0, 0.05) is 0 Å². The molecule has 0 aliphatic rings. The van der Waals surface area contributed by atoms with Crippen LogP contribution >= 0.6 is 11.6 Å². The van der Waals surface area contributed by atoms with Crippen LogP contribution in [0.15, 0.2) is 12.1 Å². The second-order valence-electron chi connectivity index (χ2n) is 2.98. The predicted octanol–water partition coefficient (Wildman–Crippen LogP) is 2.24. The minimum Gasteiger partial charge on any atom is -0.493 e. The summed E-state index contributed by atoms with van der Waals surface area (Å²) < 4.78 is 10.5. The van der Waals surface area contributed by atoms with Gasteiger partial charge in [-0.15, -0.1) is 5.92 Å². The molecule has 0 saturated carbocycles. The highest BCUT2D eigenvalue weighted by Crippen LogP contribution is 2.36. The maximum atomic E-state index is 9.01. The van der Waals surface area contributed by atoms with Crippen molar-refractivity contribution in [1.29, 1.82) is 0 Å². The van der Waals surface area contributed by atoms with E-state index in [0.717, 1.165) is 0 Å². The monoisotopic (exact) mass is 240 g/mol. The van der Waals surface area contributed by atoms with Crippen LogP contribution in [-0.4, -0.2) is 18.8 Å². The van der Waals surface area contributed by atoms with Gasteiger partial charge in [0.1, 0.15) is 6.61 Å². The summed E-state index contributed by atoms with van der Waals surface area (Å²) >= 11 is 6.01. The van der Waals surface area contributed by atoms with E-state index in [1.54, 1.807) is 19.1 Å². The Kier molecular flexibility index (Phi) is 4.97. The van der Waals surface area contributed by atoms with Crippen molar-refractivity contribution in [2.75, 3.05) is 13.7 Å². The van der Waals surface area contributed by atoms with Crippen molar-refractivity contribution in [3.8, 4) is 23.3 Å². The molecule has 1 aromatic carbocycles. The number of benzene rings is 1. The standard InChI is InChI=1S/C12H13ClO3/c1-3-4-5-16-12-10(13)6-9(8-14)7-11(12)15-2/h6-7,14H,5,8H2,1-2H3. The van der Waals surface area contributed by atoms with Gasteiger partial charge in [0.15, 0.2) is 11.5 Å². The quantitative estimate of drug-likeness (QED) is 0.821. The van der Waals surface area contributed by atoms with Gasteiger partial charge in [0.05, 0.1) is 18.7 Å². The van der Waals surface area contributed by atoms with E-state index in [1.165, 1.54) is 7.11 Å². The first-order chi connectivity index (χ1) is 7.72. The lowest BCUT2D eigenvalue weighted by molar-refractivity contribution is 0.279. The lowest BCUT2D eigenvalue weighted by Gasteiger charge is -2.11. The Balaban J connectivity index is 2.99. The molecule has 0 amide bonds. The third-order valence-electron chi connectivity index (χ3n) is 1.94. The molecule has 1 rings (SSSR count). The minimum atomic E-state index is -0.0921. The van der Waals surface area contributed by atoms with Crippen molar-refractivity contribution in [1.82, 2.24) is 0 Å². The molecule has 1 aromatic rings. The summed E-state index contributed by atoms with van der Waals surface area (Å²) in [7, 11) is 1.52. The van der Waals surface area contributed by atoms with Crippen molar-refractivity contribution in [2.45, 2.75) is 13.5 Å². The summed E-state index contributed by atoms with van der Waals surface area (Å²) in [6.45, 7) is 1.90. The van der Waals surface area contributed by atoms with Crippen LogP contribution in [-0.2, 0) is 6.61 Å². The zero-order chi connectivity index (χ0) is 12.0. The fraction of sp³-hybridized carbons (Fsp3) is 0.333. The second kappa shape index (κ2) is 6.26. The van der Waals surface area contributed by atoms with Gasteiger partial charge in [-0.3, -0.25) is 0 Å². The zero-order valence-corrected chi connectivity index (χ0v) is 9.97. The number of aliphatic hydroxyl groups excluding tert-OH is 1.